The first kappa shape index (κ1) is 15.7. The van der Waals surface area contributed by atoms with E-state index in [0.717, 1.165) is 5.56 Å². The van der Waals surface area contributed by atoms with E-state index in [1.54, 1.807) is 24.3 Å². The number of hydrogen-bond donors (Lipinski definition) is 2. The van der Waals surface area contributed by atoms with Crippen molar-refractivity contribution >= 4 is 10.0 Å². The molecule has 0 atom stereocenters. The van der Waals surface area contributed by atoms with E-state index in [1.165, 1.54) is 5.56 Å². The van der Waals surface area contributed by atoms with E-state index < -0.39 is 10.0 Å². The Labute approximate surface area is 126 Å². The van der Waals surface area contributed by atoms with E-state index >= 15 is 0 Å². The monoisotopic (exact) mass is 304 g/mol. The summed E-state index contributed by atoms with van der Waals surface area (Å²) in [6, 6.07) is 14.8. The standard InChI is InChI=1S/C16H20N2O2S/c1-13-6-2-3-7-14(13)10-11-18-21(19,20)16-9-5-4-8-15(16)12-17/h2-9,18H,10-12,17H2,1H3. The molecule has 0 fully saturated rings. The van der Waals surface area contributed by atoms with Crippen LogP contribution in [0, 0.1) is 6.92 Å². The topological polar surface area (TPSA) is 72.2 Å². The Balaban J connectivity index is 2.07. The third-order valence-corrected chi connectivity index (χ3v) is 4.99. The fourth-order valence-corrected chi connectivity index (χ4v) is 3.50. The van der Waals surface area contributed by atoms with Crippen molar-refractivity contribution in [1.82, 2.24) is 4.72 Å². The molecule has 2 rings (SSSR count). The zero-order chi connectivity index (χ0) is 15.3. The molecule has 0 aliphatic rings. The second-order valence-corrected chi connectivity index (χ2v) is 6.62. The minimum Gasteiger partial charge on any atom is -0.326 e. The summed E-state index contributed by atoms with van der Waals surface area (Å²) in [5, 5.41) is 0. The Morgan fingerprint density at radius 2 is 1.62 bits per heavy atom. The molecule has 0 unspecified atom stereocenters. The SMILES string of the molecule is Cc1ccccc1CCNS(=O)(=O)c1ccccc1CN. The van der Waals surface area contributed by atoms with Crippen LogP contribution in [0.15, 0.2) is 53.4 Å². The van der Waals surface area contributed by atoms with E-state index in [4.69, 9.17) is 5.73 Å². The summed E-state index contributed by atoms with van der Waals surface area (Å²) >= 11 is 0. The summed E-state index contributed by atoms with van der Waals surface area (Å²) in [5.41, 5.74) is 8.53. The lowest BCUT2D eigenvalue weighted by atomic mass is 10.1. The van der Waals surface area contributed by atoms with Gasteiger partial charge in [0.2, 0.25) is 10.0 Å². The average molecular weight is 304 g/mol. The summed E-state index contributed by atoms with van der Waals surface area (Å²) in [7, 11) is -3.52. The fraction of sp³-hybridized carbons (Fsp3) is 0.250. The van der Waals surface area contributed by atoms with Crippen LogP contribution in [-0.2, 0) is 23.0 Å². The summed E-state index contributed by atoms with van der Waals surface area (Å²) in [5.74, 6) is 0. The highest BCUT2D eigenvalue weighted by Gasteiger charge is 2.16. The minimum atomic E-state index is -3.52. The van der Waals surface area contributed by atoms with Gasteiger partial charge in [-0.3, -0.25) is 0 Å². The van der Waals surface area contributed by atoms with Crippen molar-refractivity contribution in [1.29, 1.82) is 0 Å². The maximum Gasteiger partial charge on any atom is 0.240 e. The first-order chi connectivity index (χ1) is 10.0. The van der Waals surface area contributed by atoms with Crippen LogP contribution in [0.1, 0.15) is 16.7 Å². The molecule has 0 heterocycles. The number of benzene rings is 2. The van der Waals surface area contributed by atoms with Gasteiger partial charge < -0.3 is 5.73 Å². The van der Waals surface area contributed by atoms with Gasteiger partial charge in [-0.25, -0.2) is 13.1 Å². The van der Waals surface area contributed by atoms with Gasteiger partial charge in [-0.2, -0.15) is 0 Å². The van der Waals surface area contributed by atoms with Gasteiger partial charge in [0.05, 0.1) is 4.90 Å². The first-order valence-electron chi connectivity index (χ1n) is 6.87. The van der Waals surface area contributed by atoms with Crippen LogP contribution in [-0.4, -0.2) is 15.0 Å². The van der Waals surface area contributed by atoms with E-state index in [1.807, 2.05) is 31.2 Å². The smallest absolute Gasteiger partial charge is 0.240 e. The first-order valence-corrected chi connectivity index (χ1v) is 8.35. The zero-order valence-electron chi connectivity index (χ0n) is 12.0. The predicted molar refractivity (Wildman–Crippen MR) is 84.4 cm³/mol. The quantitative estimate of drug-likeness (QED) is 0.857. The van der Waals surface area contributed by atoms with Crippen molar-refractivity contribution in [2.45, 2.75) is 24.8 Å². The number of hydrogen-bond acceptors (Lipinski definition) is 3. The van der Waals surface area contributed by atoms with Crippen molar-refractivity contribution in [2.75, 3.05) is 6.54 Å². The van der Waals surface area contributed by atoms with Crippen LogP contribution in [0.25, 0.3) is 0 Å². The molecule has 2 aromatic rings. The highest BCUT2D eigenvalue weighted by molar-refractivity contribution is 7.89. The highest BCUT2D eigenvalue weighted by Crippen LogP contribution is 2.15. The van der Waals surface area contributed by atoms with Crippen LogP contribution >= 0.6 is 0 Å². The van der Waals surface area contributed by atoms with Gasteiger partial charge in [-0.15, -0.1) is 0 Å². The molecule has 0 saturated heterocycles. The molecule has 0 bridgehead atoms. The molecular formula is C16H20N2O2S. The van der Waals surface area contributed by atoms with E-state index in [9.17, 15) is 8.42 Å². The largest absolute Gasteiger partial charge is 0.326 e. The molecule has 3 N–H and O–H groups in total. The number of aryl methyl sites for hydroxylation is 1. The summed E-state index contributed by atoms with van der Waals surface area (Å²) < 4.78 is 27.3. The Morgan fingerprint density at radius 3 is 2.29 bits per heavy atom. The van der Waals surface area contributed by atoms with Gasteiger partial charge in [0.15, 0.2) is 0 Å². The van der Waals surface area contributed by atoms with Gasteiger partial charge in [0, 0.05) is 13.1 Å². The average Bonchev–Trinajstić information content (AvgIpc) is 2.49. The second-order valence-electron chi connectivity index (χ2n) is 4.89. The summed E-state index contributed by atoms with van der Waals surface area (Å²) in [4.78, 5) is 0.261. The molecule has 0 radical (unpaired) electrons. The minimum absolute atomic E-state index is 0.203. The third-order valence-electron chi connectivity index (χ3n) is 3.43. The summed E-state index contributed by atoms with van der Waals surface area (Å²) in [6.45, 7) is 2.59. The molecule has 0 saturated carbocycles. The maximum atomic E-state index is 12.3. The van der Waals surface area contributed by atoms with E-state index in [2.05, 4.69) is 4.72 Å². The number of sulfonamides is 1. The summed E-state index contributed by atoms with van der Waals surface area (Å²) in [6.07, 6.45) is 0.663. The van der Waals surface area contributed by atoms with E-state index in [-0.39, 0.29) is 11.4 Å². The maximum absolute atomic E-state index is 12.3. The van der Waals surface area contributed by atoms with Crippen LogP contribution in [0.5, 0.6) is 0 Å². The number of nitrogens with two attached hydrogens (primary N) is 1. The Hall–Kier alpha value is -1.69. The van der Waals surface area contributed by atoms with Crippen LogP contribution in [0.3, 0.4) is 0 Å². The molecule has 0 aromatic heterocycles. The highest BCUT2D eigenvalue weighted by atomic mass is 32.2. The molecular weight excluding hydrogens is 284 g/mol. The van der Waals surface area contributed by atoms with Crippen molar-refractivity contribution in [3.8, 4) is 0 Å². The van der Waals surface area contributed by atoms with Crippen molar-refractivity contribution < 1.29 is 8.42 Å². The van der Waals surface area contributed by atoms with Gasteiger partial charge in [-0.05, 0) is 36.1 Å². The molecule has 0 spiro atoms. The molecule has 5 heteroatoms. The predicted octanol–water partition coefficient (Wildman–Crippen LogP) is 1.97. The molecule has 2 aromatic carbocycles. The lowest BCUT2D eigenvalue weighted by Crippen LogP contribution is -2.27. The van der Waals surface area contributed by atoms with Crippen molar-refractivity contribution in [3.05, 3.63) is 65.2 Å². The van der Waals surface area contributed by atoms with E-state index in [0.29, 0.717) is 18.5 Å². The normalized spacial score (nSPS) is 11.5. The Bertz CT molecular complexity index is 712. The zero-order valence-corrected chi connectivity index (χ0v) is 12.9. The molecule has 21 heavy (non-hydrogen) atoms. The fourth-order valence-electron chi connectivity index (χ4n) is 2.22. The molecule has 112 valence electrons. The van der Waals surface area contributed by atoms with Gasteiger partial charge in [0.1, 0.15) is 0 Å². The van der Waals surface area contributed by atoms with Crippen LogP contribution < -0.4 is 10.5 Å². The lowest BCUT2D eigenvalue weighted by Gasteiger charge is -2.11. The van der Waals surface area contributed by atoms with Crippen LogP contribution in [0.2, 0.25) is 0 Å². The van der Waals surface area contributed by atoms with Crippen molar-refractivity contribution in [2.24, 2.45) is 5.73 Å². The second kappa shape index (κ2) is 6.85. The van der Waals surface area contributed by atoms with Gasteiger partial charge in [0.25, 0.3) is 0 Å². The Morgan fingerprint density at radius 1 is 1.00 bits per heavy atom. The van der Waals surface area contributed by atoms with Crippen LogP contribution in [0.4, 0.5) is 0 Å². The lowest BCUT2D eigenvalue weighted by molar-refractivity contribution is 0.580. The number of rotatable bonds is 6. The van der Waals surface area contributed by atoms with Gasteiger partial charge in [-0.1, -0.05) is 42.5 Å². The molecule has 0 aliphatic carbocycles. The Kier molecular flexibility index (Phi) is 5.12. The number of nitrogens with one attached hydrogen (secondary N) is 1. The molecule has 0 amide bonds. The molecule has 4 nitrogen and oxygen atoms in total. The van der Waals surface area contributed by atoms with Gasteiger partial charge >= 0.3 is 0 Å². The molecule has 0 aliphatic heterocycles. The third kappa shape index (κ3) is 3.91. The van der Waals surface area contributed by atoms with Crippen molar-refractivity contribution in [3.63, 3.8) is 0 Å².